The van der Waals surface area contributed by atoms with Crippen molar-refractivity contribution in [2.24, 2.45) is 0 Å². The van der Waals surface area contributed by atoms with E-state index in [2.05, 4.69) is 52.9 Å². The summed E-state index contributed by atoms with van der Waals surface area (Å²) in [6.07, 6.45) is 3.64. The summed E-state index contributed by atoms with van der Waals surface area (Å²) < 4.78 is 2.24. The van der Waals surface area contributed by atoms with E-state index in [0.29, 0.717) is 11.2 Å². The van der Waals surface area contributed by atoms with Gasteiger partial charge in [0.2, 0.25) is 0 Å². The predicted molar refractivity (Wildman–Crippen MR) is 78.9 cm³/mol. The maximum atomic E-state index is 4.43. The first kappa shape index (κ1) is 12.7. The second-order valence-electron chi connectivity index (χ2n) is 5.12. The first-order valence-corrected chi connectivity index (χ1v) is 7.85. The molecule has 1 heterocycles. The summed E-state index contributed by atoms with van der Waals surface area (Å²) in [4.78, 5) is 0. The molecule has 1 aliphatic carbocycles. The van der Waals surface area contributed by atoms with Crippen molar-refractivity contribution in [2.75, 3.05) is 0 Å². The molecule has 100 valence electrons. The molecule has 0 saturated heterocycles. The van der Waals surface area contributed by atoms with Gasteiger partial charge in [0.25, 0.3) is 0 Å². The third-order valence-electron chi connectivity index (χ3n) is 3.50. The van der Waals surface area contributed by atoms with Crippen LogP contribution in [-0.4, -0.2) is 20.0 Å². The summed E-state index contributed by atoms with van der Waals surface area (Å²) in [5.41, 5.74) is 1.18. The van der Waals surface area contributed by atoms with Crippen LogP contribution in [0.3, 0.4) is 0 Å². The molecule has 2 aromatic rings. The van der Waals surface area contributed by atoms with Crippen LogP contribution >= 0.6 is 11.8 Å². The van der Waals surface area contributed by atoms with Gasteiger partial charge in [0.15, 0.2) is 5.16 Å². The molecule has 4 heteroatoms. The van der Waals surface area contributed by atoms with Crippen molar-refractivity contribution < 1.29 is 0 Å². The predicted octanol–water partition coefficient (Wildman–Crippen LogP) is 4.04. The molecule has 3 nitrogen and oxygen atoms in total. The number of nitrogens with zero attached hydrogens (tertiary/aromatic N) is 3. The van der Waals surface area contributed by atoms with E-state index in [-0.39, 0.29) is 0 Å². The molecule has 1 saturated carbocycles. The van der Waals surface area contributed by atoms with Crippen molar-refractivity contribution in [1.29, 1.82) is 0 Å². The van der Waals surface area contributed by atoms with Crippen LogP contribution < -0.4 is 0 Å². The molecule has 1 aromatic heterocycles. The highest BCUT2D eigenvalue weighted by atomic mass is 32.2. The van der Waals surface area contributed by atoms with Crippen molar-refractivity contribution in [3.8, 4) is 5.69 Å². The molecule has 0 bridgehead atoms. The molecular weight excluding hydrogens is 254 g/mol. The van der Waals surface area contributed by atoms with Gasteiger partial charge in [0.1, 0.15) is 5.82 Å². The van der Waals surface area contributed by atoms with Crippen molar-refractivity contribution in [3.63, 3.8) is 0 Å². The van der Waals surface area contributed by atoms with Gasteiger partial charge >= 0.3 is 0 Å². The number of para-hydroxylation sites is 1. The molecule has 1 fully saturated rings. The lowest BCUT2D eigenvalue weighted by Gasteiger charge is -2.12. The lowest BCUT2D eigenvalue weighted by Crippen LogP contribution is -2.03. The monoisotopic (exact) mass is 273 g/mol. The van der Waals surface area contributed by atoms with Crippen molar-refractivity contribution >= 4 is 11.8 Å². The molecule has 1 atom stereocenters. The van der Waals surface area contributed by atoms with Crippen molar-refractivity contribution in [1.82, 2.24) is 14.8 Å². The molecule has 1 aliphatic rings. The van der Waals surface area contributed by atoms with E-state index in [9.17, 15) is 0 Å². The Labute approximate surface area is 118 Å². The van der Waals surface area contributed by atoms with E-state index in [4.69, 9.17) is 0 Å². The van der Waals surface area contributed by atoms with Gasteiger partial charge in [-0.15, -0.1) is 10.2 Å². The number of hydrogen-bond acceptors (Lipinski definition) is 3. The van der Waals surface area contributed by atoms with Gasteiger partial charge in [0, 0.05) is 16.9 Å². The Morgan fingerprint density at radius 3 is 2.63 bits per heavy atom. The highest BCUT2D eigenvalue weighted by molar-refractivity contribution is 7.99. The van der Waals surface area contributed by atoms with Crippen molar-refractivity contribution in [2.45, 2.75) is 49.4 Å². The van der Waals surface area contributed by atoms with Crippen LogP contribution in [0.2, 0.25) is 0 Å². The average molecular weight is 273 g/mol. The first-order valence-electron chi connectivity index (χ1n) is 6.97. The molecule has 0 amide bonds. The van der Waals surface area contributed by atoms with E-state index in [1.165, 1.54) is 18.5 Å². The molecule has 0 spiro atoms. The Hall–Kier alpha value is -1.29. The Morgan fingerprint density at radius 2 is 2.00 bits per heavy atom. The normalized spacial score (nSPS) is 16.5. The van der Waals surface area contributed by atoms with E-state index >= 15 is 0 Å². The fourth-order valence-electron chi connectivity index (χ4n) is 2.05. The van der Waals surface area contributed by atoms with E-state index in [1.807, 2.05) is 17.8 Å². The second kappa shape index (κ2) is 5.37. The number of hydrogen-bond donors (Lipinski definition) is 0. The smallest absolute Gasteiger partial charge is 0.196 e. The Kier molecular flexibility index (Phi) is 3.60. The fraction of sp³-hybridized carbons (Fsp3) is 0.467. The lowest BCUT2D eigenvalue weighted by molar-refractivity contribution is 0.819. The summed E-state index contributed by atoms with van der Waals surface area (Å²) in [5.74, 6) is 1.75. The molecule has 3 rings (SSSR count). The quantitative estimate of drug-likeness (QED) is 0.770. The fourth-order valence-corrected chi connectivity index (χ4v) is 2.97. The van der Waals surface area contributed by atoms with Gasteiger partial charge in [0.05, 0.1) is 0 Å². The van der Waals surface area contributed by atoms with E-state index in [1.54, 1.807) is 0 Å². The van der Waals surface area contributed by atoms with Crippen LogP contribution in [0, 0.1) is 0 Å². The summed E-state index contributed by atoms with van der Waals surface area (Å²) >= 11 is 1.82. The van der Waals surface area contributed by atoms with Gasteiger partial charge in [-0.1, -0.05) is 43.8 Å². The van der Waals surface area contributed by atoms with Gasteiger partial charge in [-0.3, -0.25) is 4.57 Å². The molecule has 19 heavy (non-hydrogen) atoms. The molecule has 0 N–H and O–H groups in total. The largest absolute Gasteiger partial charge is 0.274 e. The maximum Gasteiger partial charge on any atom is 0.196 e. The van der Waals surface area contributed by atoms with Crippen LogP contribution in [0.25, 0.3) is 5.69 Å². The van der Waals surface area contributed by atoms with Crippen molar-refractivity contribution in [3.05, 3.63) is 36.2 Å². The van der Waals surface area contributed by atoms with Crippen LogP contribution in [0.1, 0.15) is 44.9 Å². The summed E-state index contributed by atoms with van der Waals surface area (Å²) in [5, 5.41) is 10.4. The summed E-state index contributed by atoms with van der Waals surface area (Å²) in [6, 6.07) is 10.5. The minimum Gasteiger partial charge on any atom is -0.274 e. The van der Waals surface area contributed by atoms with Gasteiger partial charge in [-0.25, -0.2) is 0 Å². The van der Waals surface area contributed by atoms with Crippen LogP contribution in [0.15, 0.2) is 35.5 Å². The third kappa shape index (κ3) is 2.68. The molecule has 1 unspecified atom stereocenters. The lowest BCUT2D eigenvalue weighted by atomic mass is 10.3. The molecule has 0 aliphatic heterocycles. The average Bonchev–Trinajstić information content (AvgIpc) is 3.21. The zero-order chi connectivity index (χ0) is 13.2. The molecule has 1 aromatic carbocycles. The highest BCUT2D eigenvalue weighted by Gasteiger charge is 2.31. The number of rotatable bonds is 5. The number of thioether (sulfide) groups is 1. The maximum absolute atomic E-state index is 4.43. The van der Waals surface area contributed by atoms with Gasteiger partial charge in [-0.05, 0) is 31.4 Å². The third-order valence-corrected chi connectivity index (χ3v) is 4.71. The minimum atomic E-state index is 0.568. The Balaban J connectivity index is 2.00. The topological polar surface area (TPSA) is 30.7 Å². The SMILES string of the molecule is CCC(C)Sc1nnc(C2CC2)n1-c1ccccc1. The van der Waals surface area contributed by atoms with Crippen LogP contribution in [0.5, 0.6) is 0 Å². The Bertz CT molecular complexity index is 546. The number of aromatic nitrogens is 3. The summed E-state index contributed by atoms with van der Waals surface area (Å²) in [6.45, 7) is 4.45. The van der Waals surface area contributed by atoms with Crippen LogP contribution in [-0.2, 0) is 0 Å². The zero-order valence-electron chi connectivity index (χ0n) is 11.4. The van der Waals surface area contributed by atoms with Gasteiger partial charge < -0.3 is 0 Å². The van der Waals surface area contributed by atoms with E-state index < -0.39 is 0 Å². The second-order valence-corrected chi connectivity index (χ2v) is 6.53. The van der Waals surface area contributed by atoms with E-state index in [0.717, 1.165) is 17.4 Å². The minimum absolute atomic E-state index is 0.568. The van der Waals surface area contributed by atoms with Gasteiger partial charge in [-0.2, -0.15) is 0 Å². The highest BCUT2D eigenvalue weighted by Crippen LogP contribution is 2.41. The summed E-state index contributed by atoms with van der Waals surface area (Å²) in [7, 11) is 0. The molecular formula is C15H19N3S. The standard InChI is InChI=1S/C15H19N3S/c1-3-11(2)19-15-17-16-14(12-9-10-12)18(15)13-7-5-4-6-8-13/h4-8,11-12H,3,9-10H2,1-2H3. The Morgan fingerprint density at radius 1 is 1.26 bits per heavy atom. The zero-order valence-corrected chi connectivity index (χ0v) is 12.2. The van der Waals surface area contributed by atoms with Crippen LogP contribution in [0.4, 0.5) is 0 Å². The first-order chi connectivity index (χ1) is 9.29. The molecule has 0 radical (unpaired) electrons. The number of benzene rings is 1.